The van der Waals surface area contributed by atoms with Crippen LogP contribution in [0.5, 0.6) is 0 Å². The molecule has 0 saturated carbocycles. The molecular weight excluding hydrogens is 176 g/mol. The van der Waals surface area contributed by atoms with Crippen molar-refractivity contribution in [2.24, 2.45) is 5.92 Å². The van der Waals surface area contributed by atoms with Gasteiger partial charge in [0.05, 0.1) is 0 Å². The van der Waals surface area contributed by atoms with Crippen LogP contribution < -0.4 is 0 Å². The van der Waals surface area contributed by atoms with Gasteiger partial charge in [-0.3, -0.25) is 0 Å². The molecule has 0 amide bonds. The number of hydrogen-bond acceptors (Lipinski definition) is 2. The van der Waals surface area contributed by atoms with Crippen LogP contribution in [0.1, 0.15) is 47.5 Å². The number of ether oxygens (including phenoxy) is 1. The van der Waals surface area contributed by atoms with E-state index in [4.69, 9.17) is 4.74 Å². The van der Waals surface area contributed by atoms with E-state index in [1.165, 1.54) is 0 Å². The van der Waals surface area contributed by atoms with E-state index in [2.05, 4.69) is 20.4 Å². The van der Waals surface area contributed by atoms with Crippen LogP contribution in [0.25, 0.3) is 0 Å². The van der Waals surface area contributed by atoms with Crippen LogP contribution in [0.15, 0.2) is 12.2 Å². The zero-order valence-electron chi connectivity index (χ0n) is 10.0. The van der Waals surface area contributed by atoms with Gasteiger partial charge in [-0.05, 0) is 33.1 Å². The summed E-state index contributed by atoms with van der Waals surface area (Å²) < 4.78 is 5.38. The van der Waals surface area contributed by atoms with E-state index in [9.17, 15) is 4.79 Å². The molecule has 0 heterocycles. The number of carbonyl (C=O) groups is 1. The van der Waals surface area contributed by atoms with Crippen molar-refractivity contribution in [2.75, 3.05) is 0 Å². The Hall–Kier alpha value is -0.790. The average Bonchev–Trinajstić information content (AvgIpc) is 2.03. The topological polar surface area (TPSA) is 26.3 Å². The average molecular weight is 198 g/mol. The van der Waals surface area contributed by atoms with Gasteiger partial charge in [-0.15, -0.1) is 0 Å². The SMILES string of the molecule is C=C(C)C(=O)OC(C)(C)C(C)CCC. The zero-order valence-corrected chi connectivity index (χ0v) is 10.0. The van der Waals surface area contributed by atoms with Crippen LogP contribution in [-0.2, 0) is 9.53 Å². The van der Waals surface area contributed by atoms with Crippen LogP contribution in [-0.4, -0.2) is 11.6 Å². The van der Waals surface area contributed by atoms with Crippen molar-refractivity contribution in [3.05, 3.63) is 12.2 Å². The van der Waals surface area contributed by atoms with E-state index >= 15 is 0 Å². The van der Waals surface area contributed by atoms with E-state index in [1.54, 1.807) is 6.92 Å². The molecule has 0 radical (unpaired) electrons. The minimum absolute atomic E-state index is 0.294. The summed E-state index contributed by atoms with van der Waals surface area (Å²) in [7, 11) is 0. The molecule has 2 nitrogen and oxygen atoms in total. The van der Waals surface area contributed by atoms with Crippen LogP contribution >= 0.6 is 0 Å². The first kappa shape index (κ1) is 13.2. The molecule has 0 aliphatic carbocycles. The molecule has 0 aliphatic heterocycles. The summed E-state index contributed by atoms with van der Waals surface area (Å²) in [5.74, 6) is 0.0775. The minimum atomic E-state index is -0.397. The molecule has 14 heavy (non-hydrogen) atoms. The van der Waals surface area contributed by atoms with Gasteiger partial charge < -0.3 is 4.74 Å². The molecule has 0 N–H and O–H groups in total. The third-order valence-electron chi connectivity index (χ3n) is 2.61. The molecule has 0 aromatic carbocycles. The molecule has 0 aromatic heterocycles. The summed E-state index contributed by atoms with van der Waals surface area (Å²) in [5.41, 5.74) is 0.0632. The van der Waals surface area contributed by atoms with Crippen molar-refractivity contribution in [1.29, 1.82) is 0 Å². The molecule has 0 bridgehead atoms. The van der Waals surface area contributed by atoms with Crippen LogP contribution in [0.3, 0.4) is 0 Å². The van der Waals surface area contributed by atoms with Crippen molar-refractivity contribution in [2.45, 2.75) is 53.1 Å². The molecule has 0 rings (SSSR count). The van der Waals surface area contributed by atoms with Gasteiger partial charge >= 0.3 is 5.97 Å². The quantitative estimate of drug-likeness (QED) is 0.500. The van der Waals surface area contributed by atoms with E-state index in [-0.39, 0.29) is 5.97 Å². The van der Waals surface area contributed by atoms with Gasteiger partial charge in [0.15, 0.2) is 0 Å². The molecule has 1 atom stereocenters. The molecule has 2 heteroatoms. The van der Waals surface area contributed by atoms with Crippen LogP contribution in [0.2, 0.25) is 0 Å². The highest BCUT2D eigenvalue weighted by Crippen LogP contribution is 2.25. The van der Waals surface area contributed by atoms with Crippen molar-refractivity contribution in [1.82, 2.24) is 0 Å². The predicted molar refractivity (Wildman–Crippen MR) is 59.1 cm³/mol. The zero-order chi connectivity index (χ0) is 11.4. The highest BCUT2D eigenvalue weighted by Gasteiger charge is 2.29. The van der Waals surface area contributed by atoms with Crippen molar-refractivity contribution in [3.8, 4) is 0 Å². The van der Waals surface area contributed by atoms with E-state index in [0.29, 0.717) is 11.5 Å². The minimum Gasteiger partial charge on any atom is -0.456 e. The van der Waals surface area contributed by atoms with E-state index in [1.807, 2.05) is 13.8 Å². The molecule has 82 valence electrons. The Balaban J connectivity index is 4.32. The van der Waals surface area contributed by atoms with Gasteiger partial charge in [-0.1, -0.05) is 26.8 Å². The van der Waals surface area contributed by atoms with E-state index < -0.39 is 5.60 Å². The molecule has 1 unspecified atom stereocenters. The van der Waals surface area contributed by atoms with Crippen LogP contribution in [0, 0.1) is 5.92 Å². The summed E-state index contributed by atoms with van der Waals surface area (Å²) in [5, 5.41) is 0. The summed E-state index contributed by atoms with van der Waals surface area (Å²) in [4.78, 5) is 11.3. The van der Waals surface area contributed by atoms with Gasteiger partial charge in [0.2, 0.25) is 0 Å². The fourth-order valence-electron chi connectivity index (χ4n) is 1.21. The highest BCUT2D eigenvalue weighted by molar-refractivity contribution is 5.87. The normalized spacial score (nSPS) is 13.5. The number of carbonyl (C=O) groups excluding carboxylic acids is 1. The van der Waals surface area contributed by atoms with Gasteiger partial charge in [-0.25, -0.2) is 4.79 Å². The highest BCUT2D eigenvalue weighted by atomic mass is 16.6. The first-order valence-corrected chi connectivity index (χ1v) is 5.20. The summed E-state index contributed by atoms with van der Waals surface area (Å²) in [6.07, 6.45) is 2.17. The Kier molecular flexibility index (Phi) is 4.89. The van der Waals surface area contributed by atoms with Crippen LogP contribution in [0.4, 0.5) is 0 Å². The third kappa shape index (κ3) is 3.95. The van der Waals surface area contributed by atoms with Gasteiger partial charge in [-0.2, -0.15) is 0 Å². The van der Waals surface area contributed by atoms with Gasteiger partial charge in [0.25, 0.3) is 0 Å². The Morgan fingerprint density at radius 1 is 1.50 bits per heavy atom. The second-order valence-electron chi connectivity index (χ2n) is 4.46. The lowest BCUT2D eigenvalue weighted by atomic mass is 9.89. The lowest BCUT2D eigenvalue weighted by Gasteiger charge is -2.31. The predicted octanol–water partition coefficient (Wildman–Crippen LogP) is 3.32. The van der Waals surface area contributed by atoms with Crippen molar-refractivity contribution < 1.29 is 9.53 Å². The number of hydrogen-bond donors (Lipinski definition) is 0. The smallest absolute Gasteiger partial charge is 0.333 e. The molecule has 0 saturated heterocycles. The Morgan fingerprint density at radius 2 is 2.00 bits per heavy atom. The molecule has 0 aliphatic rings. The number of rotatable bonds is 5. The fourth-order valence-corrected chi connectivity index (χ4v) is 1.21. The first-order valence-electron chi connectivity index (χ1n) is 5.20. The standard InChI is InChI=1S/C12H22O2/c1-7-8-10(4)12(5,6)14-11(13)9(2)3/h10H,2,7-8H2,1,3-6H3. The third-order valence-corrected chi connectivity index (χ3v) is 2.61. The fraction of sp³-hybridized carbons (Fsp3) is 0.750. The molecular formula is C12H22O2. The van der Waals surface area contributed by atoms with Gasteiger partial charge in [0.1, 0.15) is 5.60 Å². The lowest BCUT2D eigenvalue weighted by molar-refractivity contribution is -0.156. The maximum absolute atomic E-state index is 11.3. The van der Waals surface area contributed by atoms with Crippen molar-refractivity contribution in [3.63, 3.8) is 0 Å². The Bertz CT molecular complexity index is 216. The monoisotopic (exact) mass is 198 g/mol. The second kappa shape index (κ2) is 5.18. The molecule has 0 spiro atoms. The molecule has 0 aromatic rings. The van der Waals surface area contributed by atoms with Gasteiger partial charge in [0, 0.05) is 5.57 Å². The van der Waals surface area contributed by atoms with E-state index in [0.717, 1.165) is 12.8 Å². The summed E-state index contributed by atoms with van der Waals surface area (Å²) in [6.45, 7) is 13.4. The maximum atomic E-state index is 11.3. The first-order chi connectivity index (χ1) is 6.31. The molecule has 0 fully saturated rings. The Morgan fingerprint density at radius 3 is 2.36 bits per heavy atom. The second-order valence-corrected chi connectivity index (χ2v) is 4.46. The maximum Gasteiger partial charge on any atom is 0.333 e. The summed E-state index contributed by atoms with van der Waals surface area (Å²) in [6, 6.07) is 0. The Labute approximate surface area is 87.3 Å². The largest absolute Gasteiger partial charge is 0.456 e. The van der Waals surface area contributed by atoms with Crippen molar-refractivity contribution >= 4 is 5.97 Å². The number of esters is 1. The summed E-state index contributed by atoms with van der Waals surface area (Å²) >= 11 is 0. The lowest BCUT2D eigenvalue weighted by Crippen LogP contribution is -2.35.